The largest absolute Gasteiger partial charge is 0.396 e. The average Bonchev–Trinajstić information content (AvgIpc) is 2.94. The van der Waals surface area contributed by atoms with Crippen LogP contribution in [0.15, 0.2) is 35.3 Å². The Morgan fingerprint density at radius 1 is 1.33 bits per heavy atom. The molecule has 0 radical (unpaired) electrons. The zero-order valence-electron chi connectivity index (χ0n) is 14.4. The average molecular weight is 364 g/mol. The number of nitrogens with zero attached hydrogens (tertiary/aromatic N) is 4. The van der Waals surface area contributed by atoms with Crippen LogP contribution in [0, 0.1) is 5.82 Å². The lowest BCUT2D eigenvalue weighted by molar-refractivity contribution is 0.391. The third kappa shape index (κ3) is 2.48. The minimum absolute atomic E-state index is 0.209. The second kappa shape index (κ2) is 5.87. The van der Waals surface area contributed by atoms with Gasteiger partial charge in [-0.05, 0) is 24.5 Å². The lowest BCUT2D eigenvalue weighted by atomic mass is 9.85. The molecule has 27 heavy (non-hydrogen) atoms. The first kappa shape index (κ1) is 15.9. The molecular formula is C19H17FN6O. The van der Waals surface area contributed by atoms with Crippen molar-refractivity contribution in [2.75, 3.05) is 5.73 Å². The Bertz CT molecular complexity index is 1240. The predicted molar refractivity (Wildman–Crippen MR) is 100.0 cm³/mol. The van der Waals surface area contributed by atoms with E-state index in [0.717, 1.165) is 25.1 Å². The maximum absolute atomic E-state index is 14.2. The summed E-state index contributed by atoms with van der Waals surface area (Å²) in [7, 11) is 0. The summed E-state index contributed by atoms with van der Waals surface area (Å²) in [6.45, 7) is 0.352. The van der Waals surface area contributed by atoms with Gasteiger partial charge in [-0.2, -0.15) is 5.10 Å². The van der Waals surface area contributed by atoms with Gasteiger partial charge in [0.1, 0.15) is 17.2 Å². The fraction of sp³-hybridized carbons (Fsp3) is 0.263. The summed E-state index contributed by atoms with van der Waals surface area (Å²) < 4.78 is 16.1. The van der Waals surface area contributed by atoms with Gasteiger partial charge in [-0.25, -0.2) is 9.37 Å². The number of halogens is 1. The molecule has 1 aromatic carbocycles. The summed E-state index contributed by atoms with van der Waals surface area (Å²) in [6, 6.07) is 6.26. The number of H-pyrrole nitrogens is 1. The molecule has 1 saturated carbocycles. The molecular weight excluding hydrogens is 347 g/mol. The van der Waals surface area contributed by atoms with Crippen LogP contribution < -0.4 is 11.3 Å². The summed E-state index contributed by atoms with van der Waals surface area (Å²) in [5, 5.41) is 8.85. The fourth-order valence-corrected chi connectivity index (χ4v) is 3.71. The van der Waals surface area contributed by atoms with Crippen molar-refractivity contribution in [3.63, 3.8) is 0 Å². The van der Waals surface area contributed by atoms with Crippen molar-refractivity contribution < 1.29 is 4.39 Å². The number of pyridine rings is 1. The molecule has 0 saturated heterocycles. The Morgan fingerprint density at radius 2 is 2.19 bits per heavy atom. The minimum atomic E-state index is -0.454. The Kier molecular flexibility index (Phi) is 3.46. The highest BCUT2D eigenvalue weighted by molar-refractivity contribution is 5.85. The molecule has 136 valence electrons. The van der Waals surface area contributed by atoms with Crippen LogP contribution in [0.5, 0.6) is 0 Å². The van der Waals surface area contributed by atoms with Gasteiger partial charge in [-0.1, -0.05) is 18.6 Å². The molecule has 0 aliphatic heterocycles. The van der Waals surface area contributed by atoms with E-state index in [2.05, 4.69) is 15.2 Å². The SMILES string of the molecule is Nc1cnnc2c1nc(C1CCC1)n2Cc1cc(=O)[nH]c2c(F)cccc12. The van der Waals surface area contributed by atoms with Gasteiger partial charge < -0.3 is 15.3 Å². The zero-order chi connectivity index (χ0) is 18.5. The zero-order valence-corrected chi connectivity index (χ0v) is 14.4. The molecule has 8 heteroatoms. The summed E-state index contributed by atoms with van der Waals surface area (Å²) in [6.07, 6.45) is 4.76. The van der Waals surface area contributed by atoms with Gasteiger partial charge in [-0.3, -0.25) is 4.79 Å². The topological polar surface area (TPSA) is 102 Å². The van der Waals surface area contributed by atoms with E-state index >= 15 is 0 Å². The molecule has 0 spiro atoms. The van der Waals surface area contributed by atoms with Crippen LogP contribution in [0.25, 0.3) is 22.1 Å². The summed E-state index contributed by atoms with van der Waals surface area (Å²) in [5.41, 5.74) is 8.29. The van der Waals surface area contributed by atoms with Gasteiger partial charge in [0.15, 0.2) is 5.65 Å². The molecule has 3 N–H and O–H groups in total. The third-order valence-corrected chi connectivity index (χ3v) is 5.30. The highest BCUT2D eigenvalue weighted by atomic mass is 19.1. The van der Waals surface area contributed by atoms with E-state index in [9.17, 15) is 9.18 Å². The molecule has 3 aromatic heterocycles. The molecule has 3 heterocycles. The van der Waals surface area contributed by atoms with E-state index in [1.54, 1.807) is 12.1 Å². The molecule has 1 fully saturated rings. The summed E-state index contributed by atoms with van der Waals surface area (Å²) in [5.74, 6) is 0.780. The van der Waals surface area contributed by atoms with Crippen molar-refractivity contribution >= 4 is 27.8 Å². The van der Waals surface area contributed by atoms with E-state index in [4.69, 9.17) is 10.7 Å². The van der Waals surface area contributed by atoms with Gasteiger partial charge in [0.2, 0.25) is 5.56 Å². The maximum Gasteiger partial charge on any atom is 0.248 e. The number of fused-ring (bicyclic) bond motifs is 2. The van der Waals surface area contributed by atoms with Crippen molar-refractivity contribution in [3.05, 3.63) is 58.0 Å². The van der Waals surface area contributed by atoms with E-state index in [-0.39, 0.29) is 11.1 Å². The predicted octanol–water partition coefficient (Wildman–Crippen LogP) is 2.70. The molecule has 0 atom stereocenters. The Balaban J connectivity index is 1.74. The number of nitrogens with one attached hydrogen (secondary N) is 1. The Morgan fingerprint density at radius 3 is 2.96 bits per heavy atom. The van der Waals surface area contributed by atoms with Crippen LogP contribution in [0.2, 0.25) is 0 Å². The standard InChI is InChI=1S/C19H17FN6O/c20-13-6-2-5-12-11(7-15(27)23-16(12)13)9-26-18(10-3-1-4-10)24-17-14(21)8-22-25-19(17)26/h2,5-8,10H,1,3-4,9H2,(H2,21,25)(H,23,27). The monoisotopic (exact) mass is 364 g/mol. The van der Waals surface area contributed by atoms with Crippen molar-refractivity contribution in [2.24, 2.45) is 0 Å². The van der Waals surface area contributed by atoms with Gasteiger partial charge in [-0.15, -0.1) is 5.10 Å². The van der Waals surface area contributed by atoms with Gasteiger partial charge in [0.05, 0.1) is 23.9 Å². The second-order valence-electron chi connectivity index (χ2n) is 6.98. The van der Waals surface area contributed by atoms with Crippen LogP contribution in [0.3, 0.4) is 0 Å². The molecule has 4 aromatic rings. The van der Waals surface area contributed by atoms with Crippen molar-refractivity contribution in [3.8, 4) is 0 Å². The molecule has 0 bridgehead atoms. The third-order valence-electron chi connectivity index (χ3n) is 5.30. The number of aromatic amines is 1. The number of aromatic nitrogens is 5. The molecule has 0 unspecified atom stereocenters. The van der Waals surface area contributed by atoms with Gasteiger partial charge in [0.25, 0.3) is 0 Å². The first-order valence-electron chi connectivity index (χ1n) is 8.89. The Labute approximate surface area is 153 Å². The number of imidazole rings is 1. The van der Waals surface area contributed by atoms with E-state index in [1.165, 1.54) is 18.3 Å². The van der Waals surface area contributed by atoms with Gasteiger partial charge in [0, 0.05) is 17.4 Å². The van der Waals surface area contributed by atoms with Crippen LogP contribution in [0.4, 0.5) is 10.1 Å². The number of anilines is 1. The molecule has 7 nitrogen and oxygen atoms in total. The molecule has 0 amide bonds. The van der Waals surface area contributed by atoms with E-state index < -0.39 is 5.82 Å². The number of hydrogen-bond donors (Lipinski definition) is 2. The molecule has 1 aliphatic carbocycles. The number of nitrogen functional groups attached to an aromatic ring is 1. The smallest absolute Gasteiger partial charge is 0.248 e. The number of nitrogens with two attached hydrogens (primary N) is 1. The van der Waals surface area contributed by atoms with E-state index in [1.807, 2.05) is 4.57 Å². The number of para-hydroxylation sites is 1. The minimum Gasteiger partial charge on any atom is -0.396 e. The van der Waals surface area contributed by atoms with Crippen LogP contribution in [-0.4, -0.2) is 24.7 Å². The van der Waals surface area contributed by atoms with Crippen LogP contribution in [-0.2, 0) is 6.54 Å². The number of benzene rings is 1. The molecule has 1 aliphatic rings. The second-order valence-corrected chi connectivity index (χ2v) is 6.98. The lowest BCUT2D eigenvalue weighted by Gasteiger charge is -2.25. The first-order chi connectivity index (χ1) is 13.1. The highest BCUT2D eigenvalue weighted by Gasteiger charge is 2.27. The number of hydrogen-bond acceptors (Lipinski definition) is 5. The quantitative estimate of drug-likeness (QED) is 0.582. The highest BCUT2D eigenvalue weighted by Crippen LogP contribution is 2.38. The summed E-state index contributed by atoms with van der Waals surface area (Å²) >= 11 is 0. The first-order valence-corrected chi connectivity index (χ1v) is 8.89. The van der Waals surface area contributed by atoms with Crippen molar-refractivity contribution in [1.82, 2.24) is 24.7 Å². The van der Waals surface area contributed by atoms with Crippen LogP contribution >= 0.6 is 0 Å². The molecule has 5 rings (SSSR count). The summed E-state index contributed by atoms with van der Waals surface area (Å²) in [4.78, 5) is 19.4. The number of rotatable bonds is 3. The lowest BCUT2D eigenvalue weighted by Crippen LogP contribution is -2.17. The normalized spacial score (nSPS) is 14.7. The van der Waals surface area contributed by atoms with Crippen molar-refractivity contribution in [2.45, 2.75) is 31.7 Å². The maximum atomic E-state index is 14.2. The van der Waals surface area contributed by atoms with E-state index in [0.29, 0.717) is 40.3 Å². The van der Waals surface area contributed by atoms with Gasteiger partial charge >= 0.3 is 0 Å². The Hall–Kier alpha value is -3.29. The van der Waals surface area contributed by atoms with Crippen LogP contribution in [0.1, 0.15) is 36.6 Å². The fourth-order valence-electron chi connectivity index (χ4n) is 3.71. The van der Waals surface area contributed by atoms with Crippen molar-refractivity contribution in [1.29, 1.82) is 0 Å².